The van der Waals surface area contributed by atoms with Gasteiger partial charge in [0.1, 0.15) is 0 Å². The highest BCUT2D eigenvalue weighted by molar-refractivity contribution is 7.89. The summed E-state index contributed by atoms with van der Waals surface area (Å²) >= 11 is 11.7. The minimum atomic E-state index is -3.70. The minimum Gasteiger partial charge on any atom is -0.326 e. The summed E-state index contributed by atoms with van der Waals surface area (Å²) in [6.07, 6.45) is 0.715. The predicted molar refractivity (Wildman–Crippen MR) is 91.2 cm³/mol. The monoisotopic (exact) mass is 372 g/mol. The molecule has 1 amide bonds. The van der Waals surface area contributed by atoms with Crippen LogP contribution in [0.5, 0.6) is 0 Å². The zero-order valence-corrected chi connectivity index (χ0v) is 14.3. The van der Waals surface area contributed by atoms with Crippen LogP contribution in [0, 0.1) is 0 Å². The van der Waals surface area contributed by atoms with E-state index in [1.807, 2.05) is 0 Å². The predicted octanol–water partition coefficient (Wildman–Crippen LogP) is 3.21. The van der Waals surface area contributed by atoms with Gasteiger partial charge in [0, 0.05) is 12.1 Å². The largest absolute Gasteiger partial charge is 0.326 e. The molecular formula is C15H14Cl2N2O3S. The number of anilines is 1. The second-order valence-corrected chi connectivity index (χ2v) is 7.24. The molecule has 0 saturated heterocycles. The van der Waals surface area contributed by atoms with Crippen LogP contribution in [0.2, 0.25) is 10.0 Å². The summed E-state index contributed by atoms with van der Waals surface area (Å²) in [5.74, 6) is -0.182. The van der Waals surface area contributed by atoms with Gasteiger partial charge < -0.3 is 5.32 Å². The molecule has 0 fully saturated rings. The van der Waals surface area contributed by atoms with Crippen molar-refractivity contribution in [3.8, 4) is 0 Å². The lowest BCUT2D eigenvalue weighted by Gasteiger charge is -2.07. The number of sulfonamides is 1. The van der Waals surface area contributed by atoms with E-state index in [4.69, 9.17) is 28.3 Å². The average molecular weight is 373 g/mol. The van der Waals surface area contributed by atoms with Crippen LogP contribution in [-0.4, -0.2) is 14.3 Å². The van der Waals surface area contributed by atoms with E-state index in [1.54, 1.807) is 30.3 Å². The Morgan fingerprint density at radius 3 is 2.26 bits per heavy atom. The number of benzene rings is 2. The Kier molecular flexibility index (Phi) is 5.64. The van der Waals surface area contributed by atoms with Crippen LogP contribution >= 0.6 is 23.2 Å². The van der Waals surface area contributed by atoms with Crippen molar-refractivity contribution in [1.29, 1.82) is 0 Å². The molecule has 0 aliphatic carbocycles. The first-order chi connectivity index (χ1) is 10.8. The molecule has 2 aromatic carbocycles. The number of carbonyl (C=O) groups excluding carboxylic acids is 1. The standard InChI is InChI=1S/C15H14Cl2N2O3S/c16-13-7-4-11(9-14(13)17)19-15(20)8-3-10-1-5-12(6-2-10)23(18,21)22/h1-2,4-7,9H,3,8H2,(H,19,20)(H2,18,21,22). The fourth-order valence-electron chi connectivity index (χ4n) is 1.90. The molecule has 0 aromatic heterocycles. The maximum absolute atomic E-state index is 11.9. The molecular weight excluding hydrogens is 359 g/mol. The topological polar surface area (TPSA) is 89.3 Å². The smallest absolute Gasteiger partial charge is 0.238 e. The number of hydrogen-bond acceptors (Lipinski definition) is 3. The highest BCUT2D eigenvalue weighted by Crippen LogP contribution is 2.25. The van der Waals surface area contributed by atoms with Gasteiger partial charge in [-0.3, -0.25) is 4.79 Å². The van der Waals surface area contributed by atoms with Crippen molar-refractivity contribution < 1.29 is 13.2 Å². The lowest BCUT2D eigenvalue weighted by molar-refractivity contribution is -0.116. The van der Waals surface area contributed by atoms with Crippen molar-refractivity contribution in [2.24, 2.45) is 5.14 Å². The first kappa shape index (κ1) is 17.7. The van der Waals surface area contributed by atoms with E-state index in [-0.39, 0.29) is 17.2 Å². The van der Waals surface area contributed by atoms with E-state index in [1.165, 1.54) is 12.1 Å². The maximum Gasteiger partial charge on any atom is 0.238 e. The molecule has 0 aliphatic heterocycles. The summed E-state index contributed by atoms with van der Waals surface area (Å²) in [7, 11) is -3.70. The Bertz CT molecular complexity index is 821. The van der Waals surface area contributed by atoms with Gasteiger partial charge in [-0.05, 0) is 42.3 Å². The number of hydrogen-bond donors (Lipinski definition) is 2. The Morgan fingerprint density at radius 2 is 1.70 bits per heavy atom. The van der Waals surface area contributed by atoms with Gasteiger partial charge in [-0.15, -0.1) is 0 Å². The van der Waals surface area contributed by atoms with Crippen molar-refractivity contribution >= 4 is 44.8 Å². The van der Waals surface area contributed by atoms with Crippen molar-refractivity contribution in [1.82, 2.24) is 0 Å². The first-order valence-corrected chi connectivity index (χ1v) is 8.92. The Hall–Kier alpha value is -1.60. The molecule has 0 heterocycles. The lowest BCUT2D eigenvalue weighted by atomic mass is 10.1. The van der Waals surface area contributed by atoms with Crippen molar-refractivity contribution in [2.75, 3.05) is 5.32 Å². The summed E-state index contributed by atoms with van der Waals surface area (Å²) in [6, 6.07) is 10.9. The molecule has 2 aromatic rings. The number of amides is 1. The summed E-state index contributed by atoms with van der Waals surface area (Å²) < 4.78 is 22.3. The van der Waals surface area contributed by atoms with Crippen molar-refractivity contribution in [2.45, 2.75) is 17.7 Å². The molecule has 5 nitrogen and oxygen atoms in total. The van der Waals surface area contributed by atoms with Crippen molar-refractivity contribution in [3.63, 3.8) is 0 Å². The van der Waals surface area contributed by atoms with E-state index in [0.29, 0.717) is 22.2 Å². The maximum atomic E-state index is 11.9. The average Bonchev–Trinajstić information content (AvgIpc) is 2.48. The number of nitrogens with one attached hydrogen (secondary N) is 1. The van der Waals surface area contributed by atoms with E-state index >= 15 is 0 Å². The molecule has 0 radical (unpaired) electrons. The van der Waals surface area contributed by atoms with Gasteiger partial charge in [0.2, 0.25) is 15.9 Å². The van der Waals surface area contributed by atoms with Crippen LogP contribution in [-0.2, 0) is 21.2 Å². The SMILES string of the molecule is NS(=O)(=O)c1ccc(CCC(=O)Nc2ccc(Cl)c(Cl)c2)cc1. The van der Waals surface area contributed by atoms with E-state index in [2.05, 4.69) is 5.32 Å². The molecule has 0 spiro atoms. The molecule has 0 bridgehead atoms. The Morgan fingerprint density at radius 1 is 1.04 bits per heavy atom. The molecule has 0 unspecified atom stereocenters. The van der Waals surface area contributed by atoms with Gasteiger partial charge in [-0.25, -0.2) is 13.6 Å². The van der Waals surface area contributed by atoms with Crippen LogP contribution in [0.25, 0.3) is 0 Å². The molecule has 0 atom stereocenters. The normalized spacial score (nSPS) is 11.3. The van der Waals surface area contributed by atoms with E-state index in [9.17, 15) is 13.2 Å². The van der Waals surface area contributed by atoms with Gasteiger partial charge in [0.15, 0.2) is 0 Å². The number of primary sulfonamides is 1. The number of carbonyl (C=O) groups is 1. The summed E-state index contributed by atoms with van der Waals surface area (Å²) in [6.45, 7) is 0. The summed E-state index contributed by atoms with van der Waals surface area (Å²) in [5, 5.41) is 8.52. The third kappa shape index (κ3) is 5.21. The Labute approximate surface area is 144 Å². The third-order valence-electron chi connectivity index (χ3n) is 3.10. The van der Waals surface area contributed by atoms with Gasteiger partial charge in [-0.2, -0.15) is 0 Å². The molecule has 122 valence electrons. The van der Waals surface area contributed by atoms with Gasteiger partial charge in [-0.1, -0.05) is 35.3 Å². The number of aryl methyl sites for hydroxylation is 1. The molecule has 3 N–H and O–H groups in total. The second kappa shape index (κ2) is 7.31. The quantitative estimate of drug-likeness (QED) is 0.843. The second-order valence-electron chi connectivity index (χ2n) is 4.87. The fraction of sp³-hybridized carbons (Fsp3) is 0.133. The van der Waals surface area contributed by atoms with Gasteiger partial charge >= 0.3 is 0 Å². The summed E-state index contributed by atoms with van der Waals surface area (Å²) in [4.78, 5) is 11.9. The number of nitrogens with two attached hydrogens (primary N) is 1. The first-order valence-electron chi connectivity index (χ1n) is 6.62. The summed E-state index contributed by atoms with van der Waals surface area (Å²) in [5.41, 5.74) is 1.40. The van der Waals surface area contributed by atoms with Gasteiger partial charge in [0.05, 0.1) is 14.9 Å². The third-order valence-corrected chi connectivity index (χ3v) is 4.76. The van der Waals surface area contributed by atoms with Gasteiger partial charge in [0.25, 0.3) is 0 Å². The number of rotatable bonds is 5. The van der Waals surface area contributed by atoms with Crippen LogP contribution in [0.4, 0.5) is 5.69 Å². The molecule has 2 rings (SSSR count). The van der Waals surface area contributed by atoms with E-state index in [0.717, 1.165) is 5.56 Å². The van der Waals surface area contributed by atoms with E-state index < -0.39 is 10.0 Å². The van der Waals surface area contributed by atoms with Crippen LogP contribution in [0.15, 0.2) is 47.4 Å². The number of halogens is 2. The molecule has 8 heteroatoms. The van der Waals surface area contributed by atoms with Crippen LogP contribution in [0.1, 0.15) is 12.0 Å². The minimum absolute atomic E-state index is 0.0431. The molecule has 23 heavy (non-hydrogen) atoms. The fourth-order valence-corrected chi connectivity index (χ4v) is 2.71. The van der Waals surface area contributed by atoms with Crippen LogP contribution in [0.3, 0.4) is 0 Å². The highest BCUT2D eigenvalue weighted by atomic mass is 35.5. The Balaban J connectivity index is 1.92. The van der Waals surface area contributed by atoms with Crippen LogP contribution < -0.4 is 10.5 Å². The zero-order chi connectivity index (χ0) is 17.0. The highest BCUT2D eigenvalue weighted by Gasteiger charge is 2.08. The van der Waals surface area contributed by atoms with Crippen molar-refractivity contribution in [3.05, 3.63) is 58.1 Å². The molecule has 0 aliphatic rings. The molecule has 0 saturated carbocycles. The zero-order valence-electron chi connectivity index (χ0n) is 11.9. The lowest BCUT2D eigenvalue weighted by Crippen LogP contribution is -2.13.